The van der Waals surface area contributed by atoms with Gasteiger partial charge >= 0.3 is 0 Å². The fourth-order valence-electron chi connectivity index (χ4n) is 3.57. The summed E-state index contributed by atoms with van der Waals surface area (Å²) in [6, 6.07) is 13.7. The van der Waals surface area contributed by atoms with Crippen molar-refractivity contribution in [3.05, 3.63) is 75.5 Å². The number of aromatic nitrogens is 1. The molecule has 0 atom stereocenters. The molecular formula is C24H26Cl2N4O4S. The first kappa shape index (κ1) is 26.6. The number of anilines is 1. The standard InChI is InChI=1S/C24H26Cl2N4O4S/c1-5-34-20-11-9-19(10-12-20)29(35(4,32)33)15-23(31)28-27-14-18-13-16(2)30(17(18)3)22-8-6-7-21(25)24(22)26/h6-14H,5,15H2,1-4H3,(H,28,31)/b27-14-. The lowest BCUT2D eigenvalue weighted by atomic mass is 10.2. The van der Waals surface area contributed by atoms with Crippen LogP contribution in [0.4, 0.5) is 5.69 Å². The Morgan fingerprint density at radius 3 is 2.49 bits per heavy atom. The van der Waals surface area contributed by atoms with Crippen molar-refractivity contribution in [3.63, 3.8) is 0 Å². The minimum absolute atomic E-state index is 0.344. The summed E-state index contributed by atoms with van der Waals surface area (Å²) in [5.41, 5.74) is 5.97. The number of amides is 1. The van der Waals surface area contributed by atoms with Gasteiger partial charge in [0.15, 0.2) is 0 Å². The lowest BCUT2D eigenvalue weighted by Gasteiger charge is -2.21. The number of carbonyl (C=O) groups is 1. The Balaban J connectivity index is 1.74. The van der Waals surface area contributed by atoms with Gasteiger partial charge in [0.2, 0.25) is 10.0 Å². The maximum atomic E-state index is 12.5. The third-order valence-corrected chi connectivity index (χ3v) is 7.11. The molecule has 3 aromatic rings. The summed E-state index contributed by atoms with van der Waals surface area (Å²) in [6.45, 7) is 5.72. The summed E-state index contributed by atoms with van der Waals surface area (Å²) in [5.74, 6) is 0.0164. The highest BCUT2D eigenvalue weighted by Crippen LogP contribution is 2.31. The zero-order valence-electron chi connectivity index (χ0n) is 19.7. The molecule has 1 aromatic heterocycles. The molecule has 0 saturated carbocycles. The Bertz CT molecular complexity index is 1350. The van der Waals surface area contributed by atoms with Crippen LogP contribution in [0.15, 0.2) is 53.6 Å². The van der Waals surface area contributed by atoms with Crippen LogP contribution in [-0.4, -0.2) is 44.5 Å². The van der Waals surface area contributed by atoms with Gasteiger partial charge in [0.1, 0.15) is 12.3 Å². The third kappa shape index (κ3) is 6.36. The zero-order valence-corrected chi connectivity index (χ0v) is 22.1. The molecule has 0 bridgehead atoms. The number of aryl methyl sites for hydroxylation is 1. The summed E-state index contributed by atoms with van der Waals surface area (Å²) < 4.78 is 32.9. The second-order valence-electron chi connectivity index (χ2n) is 7.72. The number of nitrogens with zero attached hydrogens (tertiary/aromatic N) is 3. The van der Waals surface area contributed by atoms with E-state index < -0.39 is 22.5 Å². The van der Waals surface area contributed by atoms with Gasteiger partial charge in [-0.25, -0.2) is 13.8 Å². The number of ether oxygens (including phenoxy) is 1. The number of halogens is 2. The van der Waals surface area contributed by atoms with Gasteiger partial charge in [-0.1, -0.05) is 29.3 Å². The third-order valence-electron chi connectivity index (χ3n) is 5.16. The molecule has 11 heteroatoms. The average molecular weight is 537 g/mol. The molecule has 2 aromatic carbocycles. The number of carbonyl (C=O) groups excluding carboxylic acids is 1. The maximum absolute atomic E-state index is 12.5. The van der Waals surface area contributed by atoms with E-state index in [0.717, 1.165) is 33.2 Å². The van der Waals surface area contributed by atoms with E-state index in [9.17, 15) is 13.2 Å². The van der Waals surface area contributed by atoms with Gasteiger partial charge in [0.05, 0.1) is 40.5 Å². The van der Waals surface area contributed by atoms with Crippen molar-refractivity contribution in [1.29, 1.82) is 0 Å². The molecule has 35 heavy (non-hydrogen) atoms. The van der Waals surface area contributed by atoms with Crippen LogP contribution in [0.25, 0.3) is 5.69 Å². The van der Waals surface area contributed by atoms with Gasteiger partial charge < -0.3 is 9.30 Å². The van der Waals surface area contributed by atoms with Crippen molar-refractivity contribution in [1.82, 2.24) is 9.99 Å². The Morgan fingerprint density at radius 2 is 1.86 bits per heavy atom. The van der Waals surface area contributed by atoms with Gasteiger partial charge in [-0.3, -0.25) is 9.10 Å². The molecule has 0 unspecified atom stereocenters. The molecular weight excluding hydrogens is 511 g/mol. The first-order valence-corrected chi connectivity index (χ1v) is 13.3. The van der Waals surface area contributed by atoms with Crippen LogP contribution < -0.4 is 14.5 Å². The fourth-order valence-corrected chi connectivity index (χ4v) is 4.81. The number of nitrogens with one attached hydrogen (secondary N) is 1. The van der Waals surface area contributed by atoms with Gasteiger partial charge in [0, 0.05) is 17.0 Å². The Labute approximate surface area is 215 Å². The number of benzene rings is 2. The van der Waals surface area contributed by atoms with Crippen molar-refractivity contribution >= 4 is 51.0 Å². The molecule has 0 aliphatic carbocycles. The first-order chi connectivity index (χ1) is 16.5. The quantitative estimate of drug-likeness (QED) is 0.316. The van der Waals surface area contributed by atoms with Crippen molar-refractivity contribution in [2.75, 3.05) is 23.7 Å². The van der Waals surface area contributed by atoms with Crippen molar-refractivity contribution in [2.24, 2.45) is 5.10 Å². The van der Waals surface area contributed by atoms with E-state index in [1.165, 1.54) is 6.21 Å². The van der Waals surface area contributed by atoms with E-state index in [1.54, 1.807) is 30.3 Å². The fraction of sp³-hybridized carbons (Fsp3) is 0.250. The number of sulfonamides is 1. The predicted octanol–water partition coefficient (Wildman–Crippen LogP) is 4.72. The molecule has 0 saturated heterocycles. The van der Waals surface area contributed by atoms with Crippen LogP contribution in [-0.2, 0) is 14.8 Å². The van der Waals surface area contributed by atoms with Gasteiger partial charge in [-0.2, -0.15) is 5.10 Å². The van der Waals surface area contributed by atoms with Crippen LogP contribution in [0.2, 0.25) is 10.0 Å². The normalized spacial score (nSPS) is 11.6. The average Bonchev–Trinajstić information content (AvgIpc) is 3.07. The highest BCUT2D eigenvalue weighted by Gasteiger charge is 2.21. The number of hydrazone groups is 1. The second-order valence-corrected chi connectivity index (χ2v) is 10.4. The number of rotatable bonds is 9. The molecule has 0 aliphatic rings. The monoisotopic (exact) mass is 536 g/mol. The smallest absolute Gasteiger partial charge is 0.260 e. The molecule has 8 nitrogen and oxygen atoms in total. The summed E-state index contributed by atoms with van der Waals surface area (Å²) in [4.78, 5) is 12.5. The largest absolute Gasteiger partial charge is 0.494 e. The van der Waals surface area contributed by atoms with Crippen LogP contribution in [0.5, 0.6) is 5.75 Å². The van der Waals surface area contributed by atoms with Crippen molar-refractivity contribution in [3.8, 4) is 11.4 Å². The minimum Gasteiger partial charge on any atom is -0.494 e. The first-order valence-electron chi connectivity index (χ1n) is 10.7. The van der Waals surface area contributed by atoms with Crippen LogP contribution in [0.3, 0.4) is 0 Å². The van der Waals surface area contributed by atoms with Crippen molar-refractivity contribution in [2.45, 2.75) is 20.8 Å². The second kappa shape index (κ2) is 11.2. The zero-order chi connectivity index (χ0) is 25.8. The minimum atomic E-state index is -3.71. The van der Waals surface area contributed by atoms with Crippen LogP contribution >= 0.6 is 23.2 Å². The van der Waals surface area contributed by atoms with E-state index >= 15 is 0 Å². The molecule has 1 heterocycles. The summed E-state index contributed by atoms with van der Waals surface area (Å²) in [7, 11) is -3.71. The number of hydrogen-bond donors (Lipinski definition) is 1. The molecule has 0 radical (unpaired) electrons. The van der Waals surface area contributed by atoms with Crippen LogP contribution in [0, 0.1) is 13.8 Å². The molecule has 0 fully saturated rings. The summed E-state index contributed by atoms with van der Waals surface area (Å²) in [5, 5.41) is 4.90. The SMILES string of the molecule is CCOc1ccc(N(CC(=O)N/N=C\c2cc(C)n(-c3cccc(Cl)c3Cl)c2C)S(C)(=O)=O)cc1. The van der Waals surface area contributed by atoms with E-state index in [-0.39, 0.29) is 0 Å². The molecule has 0 spiro atoms. The molecule has 3 rings (SSSR count). The molecule has 1 amide bonds. The van der Waals surface area contributed by atoms with E-state index in [2.05, 4.69) is 10.5 Å². The molecule has 1 N–H and O–H groups in total. The Kier molecular flexibility index (Phi) is 8.47. The van der Waals surface area contributed by atoms with E-state index in [1.807, 2.05) is 43.5 Å². The molecule has 0 aliphatic heterocycles. The Morgan fingerprint density at radius 1 is 1.17 bits per heavy atom. The van der Waals surface area contributed by atoms with Crippen LogP contribution in [0.1, 0.15) is 23.9 Å². The highest BCUT2D eigenvalue weighted by atomic mass is 35.5. The number of hydrogen-bond acceptors (Lipinski definition) is 5. The lowest BCUT2D eigenvalue weighted by molar-refractivity contribution is -0.119. The van der Waals surface area contributed by atoms with E-state index in [4.69, 9.17) is 27.9 Å². The predicted molar refractivity (Wildman–Crippen MR) is 141 cm³/mol. The van der Waals surface area contributed by atoms with Gasteiger partial charge in [-0.15, -0.1) is 0 Å². The summed E-state index contributed by atoms with van der Waals surface area (Å²) in [6.07, 6.45) is 2.53. The van der Waals surface area contributed by atoms with Crippen molar-refractivity contribution < 1.29 is 17.9 Å². The molecule has 186 valence electrons. The van der Waals surface area contributed by atoms with Gasteiger partial charge in [-0.05, 0) is 63.2 Å². The Hall–Kier alpha value is -3.01. The maximum Gasteiger partial charge on any atom is 0.260 e. The lowest BCUT2D eigenvalue weighted by Crippen LogP contribution is -2.39. The van der Waals surface area contributed by atoms with E-state index in [0.29, 0.717) is 28.1 Å². The highest BCUT2D eigenvalue weighted by molar-refractivity contribution is 7.92. The topological polar surface area (TPSA) is 93.0 Å². The van der Waals surface area contributed by atoms with Gasteiger partial charge in [0.25, 0.3) is 5.91 Å². The summed E-state index contributed by atoms with van der Waals surface area (Å²) >= 11 is 12.5.